The van der Waals surface area contributed by atoms with Crippen molar-refractivity contribution < 1.29 is 15.0 Å². The summed E-state index contributed by atoms with van der Waals surface area (Å²) in [5.41, 5.74) is 7.66. The van der Waals surface area contributed by atoms with Gasteiger partial charge >= 0.3 is 5.97 Å². The molecule has 4 aliphatic carbocycles. The standard InChI is InChI=1S/C21H26N4O3/c1-11-15(16-8-23-19(22)18(26)17(16)20(27)28)9-24-25(11)10-21-5-12-2-13(6-21)4-14(3-12)7-21/h8-9,12-14,26H,2-7,10H2,1H3,(H2,22,23)(H,27,28). The van der Waals surface area contributed by atoms with E-state index in [1.807, 2.05) is 11.6 Å². The van der Waals surface area contributed by atoms with E-state index < -0.39 is 11.7 Å². The number of hydrogen-bond donors (Lipinski definition) is 3. The van der Waals surface area contributed by atoms with Crippen LogP contribution < -0.4 is 5.73 Å². The monoisotopic (exact) mass is 382 g/mol. The number of hydrogen-bond acceptors (Lipinski definition) is 5. The fourth-order valence-corrected chi connectivity index (χ4v) is 6.61. The van der Waals surface area contributed by atoms with Crippen molar-refractivity contribution in [2.45, 2.75) is 52.0 Å². The van der Waals surface area contributed by atoms with E-state index in [1.165, 1.54) is 44.7 Å². The second-order valence-corrected chi connectivity index (χ2v) is 9.30. The molecule has 2 heterocycles. The number of aromatic nitrogens is 3. The van der Waals surface area contributed by atoms with Gasteiger partial charge in [-0.3, -0.25) is 4.68 Å². The summed E-state index contributed by atoms with van der Waals surface area (Å²) in [7, 11) is 0. The van der Waals surface area contributed by atoms with Crippen molar-refractivity contribution in [3.63, 3.8) is 0 Å². The summed E-state index contributed by atoms with van der Waals surface area (Å²) in [6, 6.07) is 0. The zero-order valence-electron chi connectivity index (χ0n) is 16.1. The van der Waals surface area contributed by atoms with Crippen LogP contribution in [0.4, 0.5) is 5.82 Å². The van der Waals surface area contributed by atoms with Crippen molar-refractivity contribution >= 4 is 11.8 Å². The normalized spacial score (nSPS) is 30.7. The molecule has 0 atom stereocenters. The van der Waals surface area contributed by atoms with Crippen molar-refractivity contribution in [2.75, 3.05) is 5.73 Å². The van der Waals surface area contributed by atoms with Crippen LogP contribution in [-0.4, -0.2) is 30.9 Å². The van der Waals surface area contributed by atoms with E-state index >= 15 is 0 Å². The van der Waals surface area contributed by atoms with Crippen LogP contribution >= 0.6 is 0 Å². The number of pyridine rings is 1. The van der Waals surface area contributed by atoms with Crippen molar-refractivity contribution in [1.82, 2.24) is 14.8 Å². The van der Waals surface area contributed by atoms with Crippen LogP contribution in [0.2, 0.25) is 0 Å². The third-order valence-electron chi connectivity index (χ3n) is 7.34. The van der Waals surface area contributed by atoms with Crippen molar-refractivity contribution in [2.24, 2.45) is 23.2 Å². The summed E-state index contributed by atoms with van der Waals surface area (Å²) >= 11 is 0. The molecule has 0 unspecified atom stereocenters. The smallest absolute Gasteiger partial charge is 0.340 e. The molecule has 28 heavy (non-hydrogen) atoms. The maximum Gasteiger partial charge on any atom is 0.340 e. The average Bonchev–Trinajstić information content (AvgIpc) is 2.95. The fourth-order valence-electron chi connectivity index (χ4n) is 6.61. The summed E-state index contributed by atoms with van der Waals surface area (Å²) < 4.78 is 2.03. The van der Waals surface area contributed by atoms with Crippen LogP contribution in [0.25, 0.3) is 11.1 Å². The molecule has 7 nitrogen and oxygen atoms in total. The number of carboxylic acid groups (broad SMARTS) is 1. The molecule has 0 amide bonds. The molecule has 0 spiro atoms. The number of carboxylic acids is 1. The molecule has 0 radical (unpaired) electrons. The van der Waals surface area contributed by atoms with Crippen LogP contribution in [0.1, 0.15) is 54.6 Å². The maximum absolute atomic E-state index is 11.7. The second-order valence-electron chi connectivity index (χ2n) is 9.30. The number of aromatic hydroxyl groups is 1. The molecule has 0 aliphatic heterocycles. The highest BCUT2D eigenvalue weighted by molar-refractivity contribution is 6.00. The van der Waals surface area contributed by atoms with Gasteiger partial charge in [0.25, 0.3) is 0 Å². The third kappa shape index (κ3) is 2.59. The first-order chi connectivity index (χ1) is 13.3. The van der Waals surface area contributed by atoms with Crippen LogP contribution in [-0.2, 0) is 6.54 Å². The predicted octanol–water partition coefficient (Wildman–Crippen LogP) is 3.46. The van der Waals surface area contributed by atoms with E-state index in [-0.39, 0.29) is 11.4 Å². The number of anilines is 1. The molecule has 4 fully saturated rings. The lowest BCUT2D eigenvalue weighted by molar-refractivity contribution is -0.0638. The molecular formula is C21H26N4O3. The highest BCUT2D eigenvalue weighted by atomic mass is 16.4. The highest BCUT2D eigenvalue weighted by Gasteiger charge is 2.51. The molecule has 4 bridgehead atoms. The lowest BCUT2D eigenvalue weighted by Crippen LogP contribution is -2.48. The lowest BCUT2D eigenvalue weighted by atomic mass is 9.49. The molecule has 2 aromatic rings. The van der Waals surface area contributed by atoms with E-state index in [4.69, 9.17) is 5.73 Å². The molecule has 6 rings (SSSR count). The van der Waals surface area contributed by atoms with Crippen LogP contribution in [0.3, 0.4) is 0 Å². The number of nitrogens with two attached hydrogens (primary N) is 1. The van der Waals surface area contributed by atoms with E-state index in [0.717, 1.165) is 30.0 Å². The first kappa shape index (κ1) is 17.5. The Kier molecular flexibility index (Phi) is 3.73. The lowest BCUT2D eigenvalue weighted by Gasteiger charge is -2.56. The Morgan fingerprint density at radius 1 is 1.18 bits per heavy atom. The molecule has 0 saturated heterocycles. The topological polar surface area (TPSA) is 114 Å². The van der Waals surface area contributed by atoms with E-state index in [0.29, 0.717) is 16.5 Å². The highest BCUT2D eigenvalue weighted by Crippen LogP contribution is 2.60. The average molecular weight is 382 g/mol. The zero-order valence-corrected chi connectivity index (χ0v) is 16.1. The SMILES string of the molecule is Cc1c(-c2cnc(N)c(O)c2C(=O)O)cnn1CC12CC3CC(CC(C3)C1)C2. The van der Waals surface area contributed by atoms with Gasteiger partial charge < -0.3 is 15.9 Å². The van der Waals surface area contributed by atoms with Gasteiger partial charge in [-0.15, -0.1) is 0 Å². The first-order valence-electron chi connectivity index (χ1n) is 10.1. The van der Waals surface area contributed by atoms with E-state index in [9.17, 15) is 15.0 Å². The fraction of sp³-hybridized carbons (Fsp3) is 0.571. The molecule has 4 aliphatic rings. The third-order valence-corrected chi connectivity index (χ3v) is 7.34. The number of aromatic carboxylic acids is 1. The Morgan fingerprint density at radius 3 is 2.36 bits per heavy atom. The van der Waals surface area contributed by atoms with Gasteiger partial charge in [0.05, 0.1) is 6.20 Å². The van der Waals surface area contributed by atoms with Crippen LogP contribution in [0, 0.1) is 30.1 Å². The van der Waals surface area contributed by atoms with Gasteiger partial charge in [0.1, 0.15) is 5.56 Å². The quantitative estimate of drug-likeness (QED) is 0.746. The summed E-state index contributed by atoms with van der Waals surface area (Å²) in [6.07, 6.45) is 11.2. The molecule has 4 N–H and O–H groups in total. The van der Waals surface area contributed by atoms with Crippen molar-refractivity contribution in [3.8, 4) is 16.9 Å². The summed E-state index contributed by atoms with van der Waals surface area (Å²) in [4.78, 5) is 15.7. The second kappa shape index (κ2) is 5.96. The van der Waals surface area contributed by atoms with Gasteiger partial charge in [0.2, 0.25) is 0 Å². The predicted molar refractivity (Wildman–Crippen MR) is 104 cm³/mol. The summed E-state index contributed by atoms with van der Waals surface area (Å²) in [6.45, 7) is 2.85. The minimum atomic E-state index is -1.23. The Hall–Kier alpha value is -2.57. The molecule has 4 saturated carbocycles. The summed E-state index contributed by atoms with van der Waals surface area (Å²) in [5.74, 6) is 0.725. The maximum atomic E-state index is 11.7. The Morgan fingerprint density at radius 2 is 1.79 bits per heavy atom. The Balaban J connectivity index is 1.50. The van der Waals surface area contributed by atoms with Gasteiger partial charge in [-0.25, -0.2) is 9.78 Å². The Labute approximate surface area is 163 Å². The minimum absolute atomic E-state index is 0.181. The largest absolute Gasteiger partial charge is 0.504 e. The zero-order chi connectivity index (χ0) is 19.6. The van der Waals surface area contributed by atoms with Gasteiger partial charge in [-0.2, -0.15) is 5.10 Å². The molecule has 2 aromatic heterocycles. The van der Waals surface area contributed by atoms with E-state index in [1.54, 1.807) is 6.20 Å². The molecule has 7 heteroatoms. The molecule has 0 aromatic carbocycles. The van der Waals surface area contributed by atoms with Crippen molar-refractivity contribution in [3.05, 3.63) is 23.7 Å². The van der Waals surface area contributed by atoms with Crippen molar-refractivity contribution in [1.29, 1.82) is 0 Å². The van der Waals surface area contributed by atoms with Gasteiger partial charge in [-0.05, 0) is 68.6 Å². The number of rotatable bonds is 4. The van der Waals surface area contributed by atoms with Gasteiger partial charge in [0, 0.05) is 29.6 Å². The first-order valence-corrected chi connectivity index (χ1v) is 10.1. The van der Waals surface area contributed by atoms with Gasteiger partial charge in [0.15, 0.2) is 11.6 Å². The number of nitrogens with zero attached hydrogens (tertiary/aromatic N) is 3. The molecule has 148 valence electrons. The summed E-state index contributed by atoms with van der Waals surface area (Å²) in [5, 5.41) is 24.3. The number of carbonyl (C=O) groups is 1. The number of nitrogen functional groups attached to an aromatic ring is 1. The molecular weight excluding hydrogens is 356 g/mol. The van der Waals surface area contributed by atoms with Crippen LogP contribution in [0.5, 0.6) is 5.75 Å². The van der Waals surface area contributed by atoms with E-state index in [2.05, 4.69) is 10.1 Å². The Bertz CT molecular complexity index is 930. The van der Waals surface area contributed by atoms with Crippen LogP contribution in [0.15, 0.2) is 12.4 Å². The minimum Gasteiger partial charge on any atom is -0.504 e. The van der Waals surface area contributed by atoms with Gasteiger partial charge in [-0.1, -0.05) is 0 Å².